The van der Waals surface area contributed by atoms with Crippen LogP contribution in [0.15, 0.2) is 24.4 Å². The van der Waals surface area contributed by atoms with Crippen molar-refractivity contribution >= 4 is 0 Å². The van der Waals surface area contributed by atoms with Crippen molar-refractivity contribution in [1.29, 1.82) is 0 Å². The van der Waals surface area contributed by atoms with Gasteiger partial charge in [-0.05, 0) is 43.7 Å². The molecule has 5 nitrogen and oxygen atoms in total. The van der Waals surface area contributed by atoms with Gasteiger partial charge in [-0.15, -0.1) is 0 Å². The van der Waals surface area contributed by atoms with Crippen LogP contribution < -0.4 is 0 Å². The van der Waals surface area contributed by atoms with E-state index in [4.69, 9.17) is 14.2 Å². The fourth-order valence-corrected chi connectivity index (χ4v) is 4.33. The van der Waals surface area contributed by atoms with Gasteiger partial charge in [0.05, 0.1) is 31.1 Å². The highest BCUT2D eigenvalue weighted by Crippen LogP contribution is 2.33. The first-order chi connectivity index (χ1) is 11.9. The Balaban J connectivity index is 1.32. The van der Waals surface area contributed by atoms with E-state index in [-0.39, 0.29) is 12.2 Å². The Labute approximate surface area is 144 Å². The number of nitrogens with zero attached hydrogens (tertiary/aromatic N) is 2. The van der Waals surface area contributed by atoms with Crippen LogP contribution in [0.2, 0.25) is 0 Å². The van der Waals surface area contributed by atoms with Crippen molar-refractivity contribution < 1.29 is 14.2 Å². The first kappa shape index (κ1) is 16.5. The van der Waals surface area contributed by atoms with E-state index in [1.807, 2.05) is 24.4 Å². The lowest BCUT2D eigenvalue weighted by molar-refractivity contribution is -0.121. The molecule has 0 amide bonds. The molecule has 2 saturated heterocycles. The Morgan fingerprint density at radius 2 is 2.04 bits per heavy atom. The highest BCUT2D eigenvalue weighted by Gasteiger charge is 2.43. The maximum atomic E-state index is 6.16. The number of morpholine rings is 1. The second-order valence-electron chi connectivity index (χ2n) is 7.20. The van der Waals surface area contributed by atoms with Crippen LogP contribution in [-0.2, 0) is 20.8 Å². The summed E-state index contributed by atoms with van der Waals surface area (Å²) in [5.74, 6) is 0.783. The van der Waals surface area contributed by atoms with Gasteiger partial charge in [0.25, 0.3) is 0 Å². The van der Waals surface area contributed by atoms with Crippen LogP contribution in [0.5, 0.6) is 0 Å². The van der Waals surface area contributed by atoms with Gasteiger partial charge in [0.2, 0.25) is 0 Å². The van der Waals surface area contributed by atoms with Crippen LogP contribution in [-0.4, -0.2) is 61.0 Å². The molecule has 3 aliphatic rings. The Bertz CT molecular complexity index is 507. The highest BCUT2D eigenvalue weighted by atomic mass is 16.5. The topological polar surface area (TPSA) is 43.8 Å². The monoisotopic (exact) mass is 332 g/mol. The van der Waals surface area contributed by atoms with Gasteiger partial charge in [-0.3, -0.25) is 9.88 Å². The number of fused-ring (bicyclic) bond motifs is 1. The van der Waals surface area contributed by atoms with Crippen molar-refractivity contribution in [2.75, 3.05) is 32.9 Å². The van der Waals surface area contributed by atoms with E-state index in [2.05, 4.69) is 9.88 Å². The molecule has 0 N–H and O–H groups in total. The minimum atomic E-state index is 0.203. The number of hydrogen-bond acceptors (Lipinski definition) is 5. The van der Waals surface area contributed by atoms with E-state index in [1.165, 1.54) is 25.8 Å². The number of pyridine rings is 1. The van der Waals surface area contributed by atoms with E-state index in [1.54, 1.807) is 0 Å². The molecule has 4 rings (SSSR count). The first-order valence-corrected chi connectivity index (χ1v) is 9.35. The normalized spacial score (nSPS) is 31.9. The average molecular weight is 332 g/mol. The molecule has 1 aromatic rings. The third-order valence-electron chi connectivity index (χ3n) is 5.66. The predicted octanol–water partition coefficient (Wildman–Crippen LogP) is 2.26. The fraction of sp³-hybridized carbons (Fsp3) is 0.737. The van der Waals surface area contributed by atoms with Gasteiger partial charge in [0.15, 0.2) is 0 Å². The van der Waals surface area contributed by atoms with E-state index >= 15 is 0 Å². The summed E-state index contributed by atoms with van der Waals surface area (Å²) in [7, 11) is 0. The molecule has 0 unspecified atom stereocenters. The largest absolute Gasteiger partial charge is 0.381 e. The molecule has 0 aromatic carbocycles. The van der Waals surface area contributed by atoms with E-state index in [9.17, 15) is 0 Å². The van der Waals surface area contributed by atoms with Crippen molar-refractivity contribution in [3.8, 4) is 0 Å². The zero-order valence-electron chi connectivity index (χ0n) is 14.3. The van der Waals surface area contributed by atoms with E-state index < -0.39 is 0 Å². The average Bonchev–Trinajstić information content (AvgIpc) is 3.06. The van der Waals surface area contributed by atoms with Crippen LogP contribution in [0.1, 0.15) is 31.4 Å². The predicted molar refractivity (Wildman–Crippen MR) is 90.7 cm³/mol. The van der Waals surface area contributed by atoms with Gasteiger partial charge >= 0.3 is 0 Å². The molecule has 3 atom stereocenters. The first-order valence-electron chi connectivity index (χ1n) is 9.35. The maximum Gasteiger partial charge on any atom is 0.0992 e. The maximum absolute atomic E-state index is 6.16. The van der Waals surface area contributed by atoms with Gasteiger partial charge < -0.3 is 14.2 Å². The molecule has 2 aliphatic heterocycles. The summed E-state index contributed by atoms with van der Waals surface area (Å²) in [5, 5.41) is 0. The minimum Gasteiger partial charge on any atom is -0.381 e. The third-order valence-corrected chi connectivity index (χ3v) is 5.66. The molecule has 0 spiro atoms. The lowest BCUT2D eigenvalue weighted by atomic mass is 9.98. The van der Waals surface area contributed by atoms with Crippen molar-refractivity contribution in [2.24, 2.45) is 5.92 Å². The quantitative estimate of drug-likeness (QED) is 0.827. The molecule has 3 fully saturated rings. The highest BCUT2D eigenvalue weighted by molar-refractivity contribution is 5.03. The summed E-state index contributed by atoms with van der Waals surface area (Å²) in [5.41, 5.74) is 0.996. The third kappa shape index (κ3) is 3.80. The molecule has 1 aliphatic carbocycles. The zero-order valence-corrected chi connectivity index (χ0v) is 14.3. The molecule has 132 valence electrons. The van der Waals surface area contributed by atoms with Gasteiger partial charge in [-0.25, -0.2) is 0 Å². The molecule has 5 heteroatoms. The Hall–Kier alpha value is -1.01. The summed E-state index contributed by atoms with van der Waals surface area (Å²) >= 11 is 0. The molecule has 1 saturated carbocycles. The van der Waals surface area contributed by atoms with Crippen molar-refractivity contribution in [1.82, 2.24) is 9.88 Å². The summed E-state index contributed by atoms with van der Waals surface area (Å²) < 4.78 is 17.8. The lowest BCUT2D eigenvalue weighted by Gasteiger charge is -2.41. The summed E-state index contributed by atoms with van der Waals surface area (Å²) in [4.78, 5) is 7.01. The summed E-state index contributed by atoms with van der Waals surface area (Å²) in [6.45, 7) is 5.52. The molecule has 24 heavy (non-hydrogen) atoms. The minimum absolute atomic E-state index is 0.203. The molecular weight excluding hydrogens is 304 g/mol. The summed E-state index contributed by atoms with van der Waals surface area (Å²) in [6.07, 6.45) is 6.93. The van der Waals surface area contributed by atoms with E-state index in [0.717, 1.165) is 44.4 Å². The van der Waals surface area contributed by atoms with Crippen LogP contribution in [0.4, 0.5) is 0 Å². The van der Waals surface area contributed by atoms with Crippen LogP contribution >= 0.6 is 0 Å². The number of rotatable bonds is 5. The zero-order chi connectivity index (χ0) is 16.2. The number of hydrogen-bond donors (Lipinski definition) is 0. The fourth-order valence-electron chi connectivity index (χ4n) is 4.33. The molecule has 0 bridgehead atoms. The standard InChI is InChI=1S/C19H28N2O3/c1-2-8-20-16(3-1)14-24-18-5-4-17-19(18)23-12-9-21(17)13-15-6-10-22-11-7-15/h1-3,8,15,17-19H,4-7,9-14H2/t17-,18+,19+/m1/s1. The van der Waals surface area contributed by atoms with E-state index in [0.29, 0.717) is 12.6 Å². The Morgan fingerprint density at radius 1 is 1.12 bits per heavy atom. The van der Waals surface area contributed by atoms with Crippen molar-refractivity contribution in [2.45, 2.75) is 50.5 Å². The number of ether oxygens (including phenoxy) is 3. The van der Waals surface area contributed by atoms with Gasteiger partial charge in [0.1, 0.15) is 0 Å². The van der Waals surface area contributed by atoms with Crippen LogP contribution in [0, 0.1) is 5.92 Å². The Morgan fingerprint density at radius 3 is 2.88 bits per heavy atom. The molecule has 0 radical (unpaired) electrons. The van der Waals surface area contributed by atoms with Crippen molar-refractivity contribution in [3.05, 3.63) is 30.1 Å². The van der Waals surface area contributed by atoms with Gasteiger partial charge in [-0.1, -0.05) is 6.07 Å². The molecule has 1 aromatic heterocycles. The number of aromatic nitrogens is 1. The Kier molecular flexibility index (Phi) is 5.43. The summed E-state index contributed by atoms with van der Waals surface area (Å²) in [6, 6.07) is 6.49. The van der Waals surface area contributed by atoms with Crippen LogP contribution in [0.3, 0.4) is 0 Å². The molecular formula is C19H28N2O3. The van der Waals surface area contributed by atoms with Gasteiger partial charge in [-0.2, -0.15) is 0 Å². The van der Waals surface area contributed by atoms with Gasteiger partial charge in [0, 0.05) is 38.5 Å². The second kappa shape index (κ2) is 7.91. The SMILES string of the molecule is c1ccc(CO[C@H]2CC[C@@H]3[C@@H]2OCCN3CC2CCOCC2)nc1. The molecule has 3 heterocycles. The van der Waals surface area contributed by atoms with Crippen LogP contribution in [0.25, 0.3) is 0 Å². The van der Waals surface area contributed by atoms with Crippen molar-refractivity contribution in [3.63, 3.8) is 0 Å². The second-order valence-corrected chi connectivity index (χ2v) is 7.20. The smallest absolute Gasteiger partial charge is 0.0992 e. The lowest BCUT2D eigenvalue weighted by Crippen LogP contribution is -2.53.